The Labute approximate surface area is 120 Å². The van der Waals surface area contributed by atoms with E-state index in [1.54, 1.807) is 12.1 Å². The van der Waals surface area contributed by atoms with Crippen LogP contribution >= 0.6 is 0 Å². The van der Waals surface area contributed by atoms with E-state index >= 15 is 0 Å². The summed E-state index contributed by atoms with van der Waals surface area (Å²) in [5.74, 6) is 0.117. The lowest BCUT2D eigenvalue weighted by atomic mass is 9.93. The average molecular weight is 275 g/mol. The highest BCUT2D eigenvalue weighted by Crippen LogP contribution is 2.40. The highest BCUT2D eigenvalue weighted by atomic mass is 19.1. The van der Waals surface area contributed by atoms with E-state index in [0.29, 0.717) is 18.2 Å². The molecular weight excluding hydrogens is 253 g/mol. The molecule has 1 N–H and O–H groups in total. The maximum absolute atomic E-state index is 13.9. The third kappa shape index (κ3) is 3.10. The SMILES string of the molecule is CC(C)NC(C#N)(CN(C)c1ccccc1F)C1CC1. The van der Waals surface area contributed by atoms with Crippen LogP contribution in [0.15, 0.2) is 24.3 Å². The first-order valence-electron chi connectivity index (χ1n) is 7.13. The largest absolute Gasteiger partial charge is 0.369 e. The van der Waals surface area contributed by atoms with Crippen molar-refractivity contribution in [3.63, 3.8) is 0 Å². The fourth-order valence-corrected chi connectivity index (χ4v) is 2.76. The van der Waals surface area contributed by atoms with Gasteiger partial charge in [-0.2, -0.15) is 5.26 Å². The zero-order valence-corrected chi connectivity index (χ0v) is 12.4. The second-order valence-electron chi connectivity index (χ2n) is 5.96. The lowest BCUT2D eigenvalue weighted by Gasteiger charge is -2.35. The van der Waals surface area contributed by atoms with Crippen LogP contribution < -0.4 is 10.2 Å². The van der Waals surface area contributed by atoms with Crippen molar-refractivity contribution in [2.45, 2.75) is 38.3 Å². The highest BCUT2D eigenvalue weighted by Gasteiger charge is 2.46. The molecular formula is C16H22FN3. The molecule has 1 atom stereocenters. The van der Waals surface area contributed by atoms with Crippen molar-refractivity contribution in [3.8, 4) is 6.07 Å². The van der Waals surface area contributed by atoms with E-state index in [1.165, 1.54) is 6.07 Å². The molecule has 4 heteroatoms. The Morgan fingerprint density at radius 1 is 1.45 bits per heavy atom. The molecule has 1 aromatic carbocycles. The smallest absolute Gasteiger partial charge is 0.146 e. The number of hydrogen-bond donors (Lipinski definition) is 1. The predicted octanol–water partition coefficient (Wildman–Crippen LogP) is 2.93. The molecule has 1 aromatic rings. The Morgan fingerprint density at radius 3 is 2.60 bits per heavy atom. The number of halogens is 1. The minimum Gasteiger partial charge on any atom is -0.369 e. The number of nitrogens with zero attached hydrogens (tertiary/aromatic N) is 2. The summed E-state index contributed by atoms with van der Waals surface area (Å²) in [5, 5.41) is 13.1. The van der Waals surface area contributed by atoms with Gasteiger partial charge in [0, 0.05) is 19.6 Å². The summed E-state index contributed by atoms with van der Waals surface area (Å²) in [7, 11) is 1.84. The Bertz CT molecular complexity index is 505. The predicted molar refractivity (Wildman–Crippen MR) is 79.0 cm³/mol. The van der Waals surface area contributed by atoms with Crippen LogP contribution in [0.25, 0.3) is 0 Å². The van der Waals surface area contributed by atoms with E-state index in [9.17, 15) is 9.65 Å². The number of nitrogens with one attached hydrogen (secondary N) is 1. The number of para-hydroxylation sites is 1. The molecule has 0 heterocycles. The van der Waals surface area contributed by atoms with Gasteiger partial charge in [-0.15, -0.1) is 0 Å². The van der Waals surface area contributed by atoms with E-state index in [-0.39, 0.29) is 11.9 Å². The molecule has 0 saturated heterocycles. The normalized spacial score (nSPS) is 17.6. The van der Waals surface area contributed by atoms with Crippen LogP contribution in [0, 0.1) is 23.1 Å². The van der Waals surface area contributed by atoms with Crippen LogP contribution in [0.2, 0.25) is 0 Å². The van der Waals surface area contributed by atoms with E-state index in [1.807, 2.05) is 31.9 Å². The summed E-state index contributed by atoms with van der Waals surface area (Å²) in [5.41, 5.74) is -0.0519. The van der Waals surface area contributed by atoms with Gasteiger partial charge in [0.15, 0.2) is 0 Å². The molecule has 108 valence electrons. The summed E-state index contributed by atoms with van der Waals surface area (Å²) < 4.78 is 13.9. The van der Waals surface area contributed by atoms with Gasteiger partial charge < -0.3 is 4.90 Å². The summed E-state index contributed by atoms with van der Waals surface area (Å²) in [4.78, 5) is 1.84. The number of anilines is 1. The van der Waals surface area contributed by atoms with Gasteiger partial charge in [0.2, 0.25) is 0 Å². The Balaban J connectivity index is 2.20. The third-order valence-electron chi connectivity index (χ3n) is 3.77. The van der Waals surface area contributed by atoms with Crippen LogP contribution in [0.1, 0.15) is 26.7 Å². The first-order chi connectivity index (χ1) is 9.48. The summed E-state index contributed by atoms with van der Waals surface area (Å²) in [6, 6.07) is 9.37. The van der Waals surface area contributed by atoms with Crippen molar-refractivity contribution in [1.29, 1.82) is 5.26 Å². The molecule has 0 bridgehead atoms. The molecule has 1 aliphatic rings. The van der Waals surface area contributed by atoms with Gasteiger partial charge in [-0.3, -0.25) is 5.32 Å². The minimum absolute atomic E-state index is 0.226. The second-order valence-corrected chi connectivity index (χ2v) is 5.96. The Kier molecular flexibility index (Phi) is 4.29. The molecule has 0 spiro atoms. The van der Waals surface area contributed by atoms with Gasteiger partial charge >= 0.3 is 0 Å². The molecule has 1 aliphatic carbocycles. The quantitative estimate of drug-likeness (QED) is 0.867. The zero-order chi connectivity index (χ0) is 14.8. The van der Waals surface area contributed by atoms with E-state index in [0.717, 1.165) is 12.8 Å². The van der Waals surface area contributed by atoms with Crippen LogP contribution in [-0.2, 0) is 0 Å². The standard InChI is InChI=1S/C16H22FN3/c1-12(2)19-16(10-18,13-8-9-13)11-20(3)15-7-5-4-6-14(15)17/h4-7,12-13,19H,8-9,11H2,1-3H3. The van der Waals surface area contributed by atoms with Crippen LogP contribution in [0.4, 0.5) is 10.1 Å². The van der Waals surface area contributed by atoms with Crippen molar-refractivity contribution in [2.24, 2.45) is 5.92 Å². The Morgan fingerprint density at radius 2 is 2.10 bits per heavy atom. The van der Waals surface area contributed by atoms with Crippen LogP contribution in [-0.4, -0.2) is 25.2 Å². The Hall–Kier alpha value is -1.60. The number of benzene rings is 1. The molecule has 0 aliphatic heterocycles. The zero-order valence-electron chi connectivity index (χ0n) is 12.4. The summed E-state index contributed by atoms with van der Waals surface area (Å²) in [6.07, 6.45) is 2.14. The maximum atomic E-state index is 13.9. The lowest BCUT2D eigenvalue weighted by molar-refractivity contribution is 0.339. The van der Waals surface area contributed by atoms with Gasteiger partial charge in [0.05, 0.1) is 11.8 Å². The fourth-order valence-electron chi connectivity index (χ4n) is 2.76. The third-order valence-corrected chi connectivity index (χ3v) is 3.77. The van der Waals surface area contributed by atoms with Crippen LogP contribution in [0.5, 0.6) is 0 Å². The summed E-state index contributed by atoms with van der Waals surface area (Å²) in [6.45, 7) is 4.57. The number of rotatable bonds is 6. The molecule has 0 amide bonds. The van der Waals surface area contributed by atoms with Crippen molar-refractivity contribution in [3.05, 3.63) is 30.1 Å². The molecule has 1 saturated carbocycles. The highest BCUT2D eigenvalue weighted by molar-refractivity contribution is 5.48. The second kappa shape index (κ2) is 5.80. The monoisotopic (exact) mass is 275 g/mol. The first-order valence-corrected chi connectivity index (χ1v) is 7.13. The van der Waals surface area contributed by atoms with E-state index < -0.39 is 5.54 Å². The molecule has 1 unspecified atom stereocenters. The van der Waals surface area contributed by atoms with Gasteiger partial charge in [-0.25, -0.2) is 4.39 Å². The average Bonchev–Trinajstić information content (AvgIpc) is 3.22. The van der Waals surface area contributed by atoms with Crippen molar-refractivity contribution >= 4 is 5.69 Å². The van der Waals surface area contributed by atoms with Gasteiger partial charge in [-0.1, -0.05) is 12.1 Å². The molecule has 20 heavy (non-hydrogen) atoms. The lowest BCUT2D eigenvalue weighted by Crippen LogP contribution is -2.56. The molecule has 3 nitrogen and oxygen atoms in total. The minimum atomic E-state index is -0.592. The van der Waals surface area contributed by atoms with Gasteiger partial charge in [0.1, 0.15) is 11.4 Å². The van der Waals surface area contributed by atoms with E-state index in [2.05, 4.69) is 11.4 Å². The number of nitriles is 1. The molecule has 1 fully saturated rings. The number of likely N-dealkylation sites (N-methyl/N-ethyl adjacent to an activating group) is 1. The van der Waals surface area contributed by atoms with E-state index in [4.69, 9.17) is 0 Å². The van der Waals surface area contributed by atoms with Crippen LogP contribution in [0.3, 0.4) is 0 Å². The fraction of sp³-hybridized carbons (Fsp3) is 0.562. The molecule has 0 aromatic heterocycles. The van der Waals surface area contributed by atoms with Crippen molar-refractivity contribution in [2.75, 3.05) is 18.5 Å². The maximum Gasteiger partial charge on any atom is 0.146 e. The topological polar surface area (TPSA) is 39.1 Å². The van der Waals surface area contributed by atoms with Gasteiger partial charge in [0.25, 0.3) is 0 Å². The van der Waals surface area contributed by atoms with Crippen molar-refractivity contribution in [1.82, 2.24) is 5.32 Å². The molecule has 0 radical (unpaired) electrons. The number of hydrogen-bond acceptors (Lipinski definition) is 3. The van der Waals surface area contributed by atoms with Gasteiger partial charge in [-0.05, 0) is 44.7 Å². The molecule has 2 rings (SSSR count). The van der Waals surface area contributed by atoms with Crippen molar-refractivity contribution < 1.29 is 4.39 Å². The first kappa shape index (κ1) is 14.8. The summed E-state index contributed by atoms with van der Waals surface area (Å²) >= 11 is 0.